The molecule has 0 aliphatic carbocycles. The monoisotopic (exact) mass is 498 g/mol. The van der Waals surface area contributed by atoms with Crippen LogP contribution >= 0.6 is 23.2 Å². The Morgan fingerprint density at radius 1 is 0.971 bits per heavy atom. The number of aromatic amines is 1. The van der Waals surface area contributed by atoms with E-state index in [9.17, 15) is 9.59 Å². The molecular weight excluding hydrogens is 475 g/mol. The van der Waals surface area contributed by atoms with E-state index in [-0.39, 0.29) is 0 Å². The van der Waals surface area contributed by atoms with Gasteiger partial charge in [-0.3, -0.25) is 23.8 Å². The Hall–Kier alpha value is -3.07. The molecule has 1 aliphatic heterocycles. The third-order valence-corrected chi connectivity index (χ3v) is 6.82. The Bertz CT molecular complexity index is 1450. The van der Waals surface area contributed by atoms with Gasteiger partial charge in [-0.25, -0.2) is 4.79 Å². The highest BCUT2D eigenvalue weighted by Gasteiger charge is 2.25. The SMILES string of the molecule is Cn1c(=O)[nH]c(=O)c2c1nc(N1CCN(Cc3ccc(Cl)cc3Cl)CC1)n2Cc1ccccc1. The largest absolute Gasteiger partial charge is 0.340 e. The van der Waals surface area contributed by atoms with Crippen molar-refractivity contribution in [2.24, 2.45) is 7.05 Å². The minimum Gasteiger partial charge on any atom is -0.340 e. The van der Waals surface area contributed by atoms with Crippen LogP contribution in [0.3, 0.4) is 0 Å². The highest BCUT2D eigenvalue weighted by molar-refractivity contribution is 6.35. The second-order valence-corrected chi connectivity index (χ2v) is 9.32. The van der Waals surface area contributed by atoms with E-state index in [1.54, 1.807) is 13.1 Å². The topological polar surface area (TPSA) is 79.2 Å². The molecule has 0 spiro atoms. The predicted molar refractivity (Wildman–Crippen MR) is 135 cm³/mol. The highest BCUT2D eigenvalue weighted by atomic mass is 35.5. The molecule has 0 amide bonds. The molecular formula is C24H24Cl2N6O2. The number of rotatable bonds is 5. The minimum atomic E-state index is -0.474. The normalized spacial score (nSPS) is 14.7. The Morgan fingerprint density at radius 2 is 1.71 bits per heavy atom. The number of aromatic nitrogens is 4. The number of halogens is 2. The van der Waals surface area contributed by atoms with E-state index < -0.39 is 11.2 Å². The molecule has 1 saturated heterocycles. The molecule has 176 valence electrons. The first-order chi connectivity index (χ1) is 16.4. The fourth-order valence-electron chi connectivity index (χ4n) is 4.38. The van der Waals surface area contributed by atoms with Crippen LogP contribution in [-0.2, 0) is 20.1 Å². The van der Waals surface area contributed by atoms with Crippen LogP contribution in [0.1, 0.15) is 11.1 Å². The van der Waals surface area contributed by atoms with Gasteiger partial charge in [0.1, 0.15) is 0 Å². The van der Waals surface area contributed by atoms with E-state index in [0.717, 1.165) is 43.9 Å². The molecule has 0 atom stereocenters. The summed E-state index contributed by atoms with van der Waals surface area (Å²) in [5.41, 5.74) is 1.97. The second kappa shape index (κ2) is 9.29. The average Bonchev–Trinajstić information content (AvgIpc) is 3.20. The summed E-state index contributed by atoms with van der Waals surface area (Å²) in [7, 11) is 1.62. The van der Waals surface area contributed by atoms with Gasteiger partial charge in [0.15, 0.2) is 11.2 Å². The Balaban J connectivity index is 1.45. The van der Waals surface area contributed by atoms with Gasteiger partial charge in [0.2, 0.25) is 5.95 Å². The number of piperazine rings is 1. The molecule has 5 rings (SSSR count). The van der Waals surface area contributed by atoms with E-state index in [4.69, 9.17) is 28.2 Å². The van der Waals surface area contributed by atoms with Crippen LogP contribution in [0.5, 0.6) is 0 Å². The lowest BCUT2D eigenvalue weighted by atomic mass is 10.2. The van der Waals surface area contributed by atoms with Gasteiger partial charge in [0.25, 0.3) is 5.56 Å². The lowest BCUT2D eigenvalue weighted by Crippen LogP contribution is -2.47. The van der Waals surface area contributed by atoms with E-state index in [1.165, 1.54) is 4.57 Å². The number of aryl methyl sites for hydroxylation is 1. The van der Waals surface area contributed by atoms with Gasteiger partial charge in [0.05, 0.1) is 6.54 Å². The highest BCUT2D eigenvalue weighted by Crippen LogP contribution is 2.25. The van der Waals surface area contributed by atoms with Gasteiger partial charge >= 0.3 is 5.69 Å². The van der Waals surface area contributed by atoms with Gasteiger partial charge in [-0.05, 0) is 23.3 Å². The minimum absolute atomic E-state index is 0.384. The van der Waals surface area contributed by atoms with Crippen molar-refractivity contribution >= 4 is 40.3 Å². The maximum absolute atomic E-state index is 12.8. The molecule has 1 aliphatic rings. The van der Waals surface area contributed by atoms with Crippen LogP contribution in [0.25, 0.3) is 11.2 Å². The quantitative estimate of drug-likeness (QED) is 0.457. The lowest BCUT2D eigenvalue weighted by Gasteiger charge is -2.35. The van der Waals surface area contributed by atoms with Gasteiger partial charge in [-0.15, -0.1) is 0 Å². The van der Waals surface area contributed by atoms with Crippen LogP contribution in [0.2, 0.25) is 10.0 Å². The number of hydrogen-bond acceptors (Lipinski definition) is 5. The maximum Gasteiger partial charge on any atom is 0.329 e. The summed E-state index contributed by atoms with van der Waals surface area (Å²) in [4.78, 5) is 36.7. The summed E-state index contributed by atoms with van der Waals surface area (Å²) in [6, 6.07) is 15.5. The number of imidazole rings is 1. The van der Waals surface area contributed by atoms with Crippen molar-refractivity contribution in [3.05, 3.63) is 90.5 Å². The zero-order chi connectivity index (χ0) is 23.8. The van der Waals surface area contributed by atoms with Crippen molar-refractivity contribution in [2.75, 3.05) is 31.1 Å². The molecule has 0 unspecified atom stereocenters. The van der Waals surface area contributed by atoms with Crippen LogP contribution in [0.4, 0.5) is 5.95 Å². The number of benzene rings is 2. The molecule has 3 heterocycles. The van der Waals surface area contributed by atoms with Crippen molar-refractivity contribution in [3.63, 3.8) is 0 Å². The Labute approximate surface area is 206 Å². The number of H-pyrrole nitrogens is 1. The molecule has 0 radical (unpaired) electrons. The fourth-order valence-corrected chi connectivity index (χ4v) is 4.85. The van der Waals surface area contributed by atoms with Crippen molar-refractivity contribution in [3.8, 4) is 0 Å². The van der Waals surface area contributed by atoms with Gasteiger partial charge in [-0.1, -0.05) is 59.6 Å². The van der Waals surface area contributed by atoms with Crippen molar-refractivity contribution < 1.29 is 0 Å². The molecule has 34 heavy (non-hydrogen) atoms. The van der Waals surface area contributed by atoms with E-state index in [0.29, 0.717) is 33.7 Å². The van der Waals surface area contributed by atoms with Gasteiger partial charge in [0, 0.05) is 49.8 Å². The second-order valence-electron chi connectivity index (χ2n) is 8.47. The van der Waals surface area contributed by atoms with Crippen molar-refractivity contribution in [2.45, 2.75) is 13.1 Å². The predicted octanol–water partition coefficient (Wildman–Crippen LogP) is 3.10. The first-order valence-electron chi connectivity index (χ1n) is 11.1. The molecule has 10 heteroatoms. The number of hydrogen-bond donors (Lipinski definition) is 1. The third-order valence-electron chi connectivity index (χ3n) is 6.23. The average molecular weight is 499 g/mol. The van der Waals surface area contributed by atoms with Crippen molar-refractivity contribution in [1.82, 2.24) is 24.0 Å². The van der Waals surface area contributed by atoms with Crippen LogP contribution in [0, 0.1) is 0 Å². The smallest absolute Gasteiger partial charge is 0.329 e. The fraction of sp³-hybridized carbons (Fsp3) is 0.292. The number of anilines is 1. The zero-order valence-electron chi connectivity index (χ0n) is 18.7. The molecule has 0 bridgehead atoms. The van der Waals surface area contributed by atoms with Gasteiger partial charge in [-0.2, -0.15) is 4.98 Å². The number of nitrogens with one attached hydrogen (secondary N) is 1. The van der Waals surface area contributed by atoms with E-state index >= 15 is 0 Å². The summed E-state index contributed by atoms with van der Waals surface area (Å²) in [6.07, 6.45) is 0. The van der Waals surface area contributed by atoms with E-state index in [2.05, 4.69) is 14.8 Å². The first kappa shape index (κ1) is 22.7. The van der Waals surface area contributed by atoms with Crippen LogP contribution in [0.15, 0.2) is 58.1 Å². The van der Waals surface area contributed by atoms with Crippen molar-refractivity contribution in [1.29, 1.82) is 0 Å². The zero-order valence-corrected chi connectivity index (χ0v) is 20.2. The first-order valence-corrected chi connectivity index (χ1v) is 11.8. The van der Waals surface area contributed by atoms with Gasteiger partial charge < -0.3 is 4.90 Å². The maximum atomic E-state index is 12.8. The summed E-state index contributed by atoms with van der Waals surface area (Å²) < 4.78 is 3.30. The molecule has 0 saturated carbocycles. The molecule has 2 aromatic carbocycles. The summed E-state index contributed by atoms with van der Waals surface area (Å²) in [6.45, 7) is 4.29. The molecule has 8 nitrogen and oxygen atoms in total. The number of fused-ring (bicyclic) bond motifs is 1. The Kier molecular flexibility index (Phi) is 6.20. The lowest BCUT2D eigenvalue weighted by molar-refractivity contribution is 0.248. The third kappa shape index (κ3) is 4.36. The summed E-state index contributed by atoms with van der Waals surface area (Å²) in [5, 5.41) is 1.29. The van der Waals surface area contributed by atoms with Crippen LogP contribution < -0.4 is 16.1 Å². The molecule has 4 aromatic rings. The number of nitrogens with zero attached hydrogens (tertiary/aromatic N) is 5. The molecule has 2 aromatic heterocycles. The molecule has 1 N–H and O–H groups in total. The summed E-state index contributed by atoms with van der Waals surface area (Å²) >= 11 is 12.4. The standard InChI is InChI=1S/C24H24Cl2N6O2/c1-29-21-20(22(33)28-24(29)34)32(14-16-5-3-2-4-6-16)23(27-21)31-11-9-30(10-12-31)15-17-7-8-18(25)13-19(17)26/h2-8,13H,9-12,14-15H2,1H3,(H,28,33,34). The Morgan fingerprint density at radius 3 is 2.41 bits per heavy atom. The summed E-state index contributed by atoms with van der Waals surface area (Å²) in [5.74, 6) is 0.690. The van der Waals surface area contributed by atoms with E-state index in [1.807, 2.05) is 47.0 Å². The molecule has 1 fully saturated rings. The van der Waals surface area contributed by atoms with Crippen LogP contribution in [-0.4, -0.2) is 50.2 Å².